The third-order valence-electron chi connectivity index (χ3n) is 3.37. The van der Waals surface area contributed by atoms with Crippen molar-refractivity contribution in [2.45, 2.75) is 6.92 Å². The van der Waals surface area contributed by atoms with Crippen LogP contribution in [0.4, 0.5) is 4.39 Å². The summed E-state index contributed by atoms with van der Waals surface area (Å²) in [5.41, 5.74) is 5.50. The van der Waals surface area contributed by atoms with E-state index in [1.165, 1.54) is 17.2 Å². The summed E-state index contributed by atoms with van der Waals surface area (Å²) in [5.74, 6) is -0.205. The van der Waals surface area contributed by atoms with Crippen molar-refractivity contribution in [3.8, 4) is 22.3 Å². The van der Waals surface area contributed by atoms with Gasteiger partial charge in [0.25, 0.3) is 0 Å². The van der Waals surface area contributed by atoms with Crippen LogP contribution in [-0.4, -0.2) is 0 Å². The molecule has 0 saturated carbocycles. The second-order valence-electron chi connectivity index (χ2n) is 4.96. The minimum Gasteiger partial charge on any atom is -0.207 e. The number of hydrogen-bond acceptors (Lipinski definition) is 0. The van der Waals surface area contributed by atoms with E-state index in [9.17, 15) is 4.39 Å². The first-order chi connectivity index (χ1) is 9.72. The Morgan fingerprint density at radius 1 is 0.600 bits per heavy atom. The molecular weight excluding hydrogens is 247 g/mol. The lowest BCUT2D eigenvalue weighted by molar-refractivity contribution is 0.628. The first-order valence-electron chi connectivity index (χ1n) is 6.65. The number of aryl methyl sites for hydroxylation is 1. The summed E-state index contributed by atoms with van der Waals surface area (Å²) >= 11 is 0. The Hall–Kier alpha value is -2.41. The minimum atomic E-state index is -0.205. The van der Waals surface area contributed by atoms with Gasteiger partial charge in [-0.25, -0.2) is 4.39 Å². The summed E-state index contributed by atoms with van der Waals surface area (Å²) in [6, 6.07) is 23.3. The van der Waals surface area contributed by atoms with Crippen LogP contribution < -0.4 is 0 Å². The molecule has 0 atom stereocenters. The zero-order valence-electron chi connectivity index (χ0n) is 11.3. The Labute approximate surface area is 118 Å². The van der Waals surface area contributed by atoms with E-state index in [1.807, 2.05) is 18.2 Å². The van der Waals surface area contributed by atoms with Crippen LogP contribution in [0.5, 0.6) is 0 Å². The first kappa shape index (κ1) is 12.6. The monoisotopic (exact) mass is 262 g/mol. The summed E-state index contributed by atoms with van der Waals surface area (Å²) in [4.78, 5) is 0. The average molecular weight is 262 g/mol. The van der Waals surface area contributed by atoms with Gasteiger partial charge in [-0.2, -0.15) is 0 Å². The number of rotatable bonds is 2. The topological polar surface area (TPSA) is 0 Å². The fourth-order valence-corrected chi connectivity index (χ4v) is 2.37. The Morgan fingerprint density at radius 3 is 1.70 bits per heavy atom. The molecule has 0 aliphatic heterocycles. The van der Waals surface area contributed by atoms with E-state index in [4.69, 9.17) is 0 Å². The lowest BCUT2D eigenvalue weighted by Crippen LogP contribution is -1.83. The minimum absolute atomic E-state index is 0.205. The normalized spacial score (nSPS) is 10.5. The maximum atomic E-state index is 13.3. The standard InChI is InChI=1S/C19H15F/c1-14-5-2-6-15(11-14)16-7-3-8-17(12-16)18-9-4-10-19(20)13-18/h2-13H,1H3. The van der Waals surface area contributed by atoms with Gasteiger partial charge in [0.15, 0.2) is 0 Å². The molecule has 0 fully saturated rings. The molecule has 0 unspecified atom stereocenters. The SMILES string of the molecule is Cc1cccc(-c2cccc(-c3cccc(F)c3)c2)c1. The van der Waals surface area contributed by atoms with Gasteiger partial charge in [-0.15, -0.1) is 0 Å². The summed E-state index contributed by atoms with van der Waals surface area (Å²) in [7, 11) is 0. The molecule has 3 aromatic rings. The maximum absolute atomic E-state index is 13.3. The Morgan fingerprint density at radius 2 is 1.10 bits per heavy atom. The van der Waals surface area contributed by atoms with E-state index >= 15 is 0 Å². The van der Waals surface area contributed by atoms with Gasteiger partial charge >= 0.3 is 0 Å². The van der Waals surface area contributed by atoms with Crippen molar-refractivity contribution in [1.29, 1.82) is 0 Å². The van der Waals surface area contributed by atoms with E-state index in [2.05, 4.69) is 43.3 Å². The summed E-state index contributed by atoms with van der Waals surface area (Å²) in [6.45, 7) is 2.08. The summed E-state index contributed by atoms with van der Waals surface area (Å²) in [6.07, 6.45) is 0. The fourth-order valence-electron chi connectivity index (χ4n) is 2.37. The van der Waals surface area contributed by atoms with Gasteiger partial charge in [0.2, 0.25) is 0 Å². The van der Waals surface area contributed by atoms with E-state index < -0.39 is 0 Å². The molecule has 3 rings (SSSR count). The van der Waals surface area contributed by atoms with E-state index in [0.717, 1.165) is 16.7 Å². The highest BCUT2D eigenvalue weighted by molar-refractivity contribution is 5.73. The van der Waals surface area contributed by atoms with Gasteiger partial charge in [0, 0.05) is 0 Å². The molecule has 0 radical (unpaired) electrons. The molecular formula is C19H15F. The van der Waals surface area contributed by atoms with Crippen LogP contribution in [-0.2, 0) is 0 Å². The van der Waals surface area contributed by atoms with E-state index in [0.29, 0.717) is 0 Å². The van der Waals surface area contributed by atoms with Crippen LogP contribution >= 0.6 is 0 Å². The predicted octanol–water partition coefficient (Wildman–Crippen LogP) is 5.47. The second-order valence-corrected chi connectivity index (χ2v) is 4.96. The highest BCUT2D eigenvalue weighted by Gasteiger charge is 2.02. The first-order valence-corrected chi connectivity index (χ1v) is 6.65. The largest absolute Gasteiger partial charge is 0.207 e. The third kappa shape index (κ3) is 2.62. The summed E-state index contributed by atoms with van der Waals surface area (Å²) < 4.78 is 13.3. The Bertz CT molecular complexity index is 683. The van der Waals surface area contributed by atoms with Crippen molar-refractivity contribution in [2.24, 2.45) is 0 Å². The van der Waals surface area contributed by atoms with Gasteiger partial charge in [0.1, 0.15) is 5.82 Å². The number of halogens is 1. The molecule has 0 amide bonds. The van der Waals surface area contributed by atoms with Crippen molar-refractivity contribution in [1.82, 2.24) is 0 Å². The second kappa shape index (κ2) is 5.30. The molecule has 0 bridgehead atoms. The van der Waals surface area contributed by atoms with Crippen molar-refractivity contribution in [2.75, 3.05) is 0 Å². The van der Waals surface area contributed by atoms with Crippen molar-refractivity contribution in [3.63, 3.8) is 0 Å². The van der Waals surface area contributed by atoms with Gasteiger partial charge < -0.3 is 0 Å². The average Bonchev–Trinajstić information content (AvgIpc) is 2.47. The molecule has 20 heavy (non-hydrogen) atoms. The molecule has 0 nitrogen and oxygen atoms in total. The quantitative estimate of drug-likeness (QED) is 0.574. The molecule has 0 aromatic heterocycles. The molecule has 0 spiro atoms. The fraction of sp³-hybridized carbons (Fsp3) is 0.0526. The van der Waals surface area contributed by atoms with Crippen LogP contribution in [0.15, 0.2) is 72.8 Å². The van der Waals surface area contributed by atoms with Gasteiger partial charge in [-0.05, 0) is 47.4 Å². The van der Waals surface area contributed by atoms with Crippen molar-refractivity contribution < 1.29 is 4.39 Å². The van der Waals surface area contributed by atoms with Gasteiger partial charge in [0.05, 0.1) is 0 Å². The smallest absolute Gasteiger partial charge is 0.123 e. The molecule has 98 valence electrons. The lowest BCUT2D eigenvalue weighted by Gasteiger charge is -2.07. The zero-order valence-corrected chi connectivity index (χ0v) is 11.3. The van der Waals surface area contributed by atoms with E-state index in [-0.39, 0.29) is 5.82 Å². The van der Waals surface area contributed by atoms with Gasteiger partial charge in [-0.3, -0.25) is 0 Å². The number of benzene rings is 3. The van der Waals surface area contributed by atoms with E-state index in [1.54, 1.807) is 12.1 Å². The van der Waals surface area contributed by atoms with Crippen LogP contribution in [0, 0.1) is 12.7 Å². The van der Waals surface area contributed by atoms with Gasteiger partial charge in [-0.1, -0.05) is 60.2 Å². The molecule has 3 aromatic carbocycles. The molecule has 0 aliphatic carbocycles. The number of hydrogen-bond donors (Lipinski definition) is 0. The van der Waals surface area contributed by atoms with Crippen LogP contribution in [0.25, 0.3) is 22.3 Å². The molecule has 0 aliphatic rings. The summed E-state index contributed by atoms with van der Waals surface area (Å²) in [5, 5.41) is 0. The molecule has 0 N–H and O–H groups in total. The van der Waals surface area contributed by atoms with Crippen LogP contribution in [0.2, 0.25) is 0 Å². The van der Waals surface area contributed by atoms with Crippen LogP contribution in [0.1, 0.15) is 5.56 Å². The lowest BCUT2D eigenvalue weighted by atomic mass is 9.98. The Balaban J connectivity index is 2.06. The van der Waals surface area contributed by atoms with Crippen molar-refractivity contribution >= 4 is 0 Å². The molecule has 0 heterocycles. The highest BCUT2D eigenvalue weighted by atomic mass is 19.1. The van der Waals surface area contributed by atoms with Crippen molar-refractivity contribution in [3.05, 3.63) is 84.2 Å². The predicted molar refractivity (Wildman–Crippen MR) is 82.0 cm³/mol. The Kier molecular flexibility index (Phi) is 3.34. The zero-order chi connectivity index (χ0) is 13.9. The molecule has 1 heteroatoms. The third-order valence-corrected chi connectivity index (χ3v) is 3.37. The molecule has 0 saturated heterocycles. The van der Waals surface area contributed by atoms with Crippen LogP contribution in [0.3, 0.4) is 0 Å². The highest BCUT2D eigenvalue weighted by Crippen LogP contribution is 2.27. The maximum Gasteiger partial charge on any atom is 0.123 e.